The van der Waals surface area contributed by atoms with E-state index in [0.717, 1.165) is 39.7 Å². The van der Waals surface area contributed by atoms with Crippen molar-refractivity contribution in [2.24, 2.45) is 5.92 Å². The number of para-hydroxylation sites is 1. The van der Waals surface area contributed by atoms with E-state index in [4.69, 9.17) is 0 Å². The largest absolute Gasteiger partial charge is 0.310 e. The molecule has 0 saturated heterocycles. The third kappa shape index (κ3) is 3.22. The number of nitrogens with one attached hydrogen (secondary N) is 1. The average molecular weight is 299 g/mol. The molecule has 0 atom stereocenters. The molecule has 21 heavy (non-hydrogen) atoms. The van der Waals surface area contributed by atoms with Crippen molar-refractivity contribution < 1.29 is 0 Å². The van der Waals surface area contributed by atoms with Crippen molar-refractivity contribution in [3.8, 4) is 10.6 Å². The summed E-state index contributed by atoms with van der Waals surface area (Å²) in [5, 5.41) is 13.8. The second-order valence-electron chi connectivity index (χ2n) is 5.26. The highest BCUT2D eigenvalue weighted by Crippen LogP contribution is 2.28. The Labute approximate surface area is 127 Å². The van der Waals surface area contributed by atoms with E-state index in [1.54, 1.807) is 23.7 Å². The minimum absolute atomic E-state index is 0.630. The minimum atomic E-state index is 0.630. The van der Waals surface area contributed by atoms with Gasteiger partial charge in [0.25, 0.3) is 0 Å². The van der Waals surface area contributed by atoms with Crippen LogP contribution in [-0.2, 0) is 6.54 Å². The van der Waals surface area contributed by atoms with Crippen LogP contribution in [0.4, 0.5) is 0 Å². The Balaban J connectivity index is 1.85. The number of benzene rings is 1. The zero-order valence-electron chi connectivity index (χ0n) is 12.1. The van der Waals surface area contributed by atoms with Gasteiger partial charge in [0.1, 0.15) is 10.0 Å². The van der Waals surface area contributed by atoms with Gasteiger partial charge in [0.2, 0.25) is 0 Å². The van der Waals surface area contributed by atoms with Crippen molar-refractivity contribution in [3.63, 3.8) is 0 Å². The standard InChI is InChI=1S/C15H17N5S/c1-10(2)8-16-9-13-19-20-15(21-13)11-4-3-5-12-14(11)18-7-6-17-12/h3-7,10,16H,8-9H2,1-2H3. The van der Waals surface area contributed by atoms with Crippen LogP contribution in [0.2, 0.25) is 0 Å². The molecule has 0 aliphatic heterocycles. The third-order valence-electron chi connectivity index (χ3n) is 3.02. The minimum Gasteiger partial charge on any atom is -0.310 e. The van der Waals surface area contributed by atoms with Crippen LogP contribution in [0.25, 0.3) is 21.6 Å². The quantitative estimate of drug-likeness (QED) is 0.785. The summed E-state index contributed by atoms with van der Waals surface area (Å²) in [7, 11) is 0. The number of hydrogen-bond acceptors (Lipinski definition) is 6. The maximum absolute atomic E-state index is 4.41. The maximum atomic E-state index is 4.41. The fourth-order valence-corrected chi connectivity index (χ4v) is 2.90. The molecule has 0 aliphatic carbocycles. The van der Waals surface area contributed by atoms with E-state index in [-0.39, 0.29) is 0 Å². The van der Waals surface area contributed by atoms with Gasteiger partial charge >= 0.3 is 0 Å². The Hall–Kier alpha value is -1.92. The van der Waals surface area contributed by atoms with Crippen molar-refractivity contribution in [3.05, 3.63) is 35.6 Å². The van der Waals surface area contributed by atoms with E-state index in [9.17, 15) is 0 Å². The number of aromatic nitrogens is 4. The lowest BCUT2D eigenvalue weighted by Gasteiger charge is -2.04. The van der Waals surface area contributed by atoms with E-state index in [1.165, 1.54) is 0 Å². The van der Waals surface area contributed by atoms with Crippen molar-refractivity contribution in [1.82, 2.24) is 25.5 Å². The van der Waals surface area contributed by atoms with Gasteiger partial charge in [0.15, 0.2) is 0 Å². The van der Waals surface area contributed by atoms with Gasteiger partial charge in [-0.25, -0.2) is 0 Å². The van der Waals surface area contributed by atoms with Crippen molar-refractivity contribution in [1.29, 1.82) is 0 Å². The molecule has 0 saturated carbocycles. The van der Waals surface area contributed by atoms with Crippen LogP contribution in [0, 0.1) is 5.92 Å². The van der Waals surface area contributed by atoms with Gasteiger partial charge in [-0.1, -0.05) is 31.3 Å². The van der Waals surface area contributed by atoms with Gasteiger partial charge in [0.05, 0.1) is 11.0 Å². The summed E-state index contributed by atoms with van der Waals surface area (Å²) in [5.74, 6) is 0.630. The Bertz CT molecular complexity index is 732. The lowest BCUT2D eigenvalue weighted by molar-refractivity contribution is 0.550. The molecule has 2 aromatic heterocycles. The SMILES string of the molecule is CC(C)CNCc1nnc(-c2cccc3nccnc23)s1. The Morgan fingerprint density at radius 2 is 2.00 bits per heavy atom. The molecule has 3 rings (SSSR count). The fraction of sp³-hybridized carbons (Fsp3) is 0.333. The first-order chi connectivity index (χ1) is 10.2. The average Bonchev–Trinajstić information content (AvgIpc) is 2.95. The summed E-state index contributed by atoms with van der Waals surface area (Å²) >= 11 is 1.60. The summed E-state index contributed by atoms with van der Waals surface area (Å²) in [6.45, 7) is 6.11. The summed E-state index contributed by atoms with van der Waals surface area (Å²) in [6, 6.07) is 5.95. The highest BCUT2D eigenvalue weighted by molar-refractivity contribution is 7.14. The highest BCUT2D eigenvalue weighted by atomic mass is 32.1. The molecule has 1 N–H and O–H groups in total. The van der Waals surface area contributed by atoms with Gasteiger partial charge in [-0.2, -0.15) is 0 Å². The van der Waals surface area contributed by atoms with Crippen LogP contribution in [0.3, 0.4) is 0 Å². The molecule has 0 fully saturated rings. The molecular weight excluding hydrogens is 282 g/mol. The highest BCUT2D eigenvalue weighted by Gasteiger charge is 2.11. The Morgan fingerprint density at radius 1 is 1.14 bits per heavy atom. The zero-order chi connectivity index (χ0) is 14.7. The summed E-state index contributed by atoms with van der Waals surface area (Å²) < 4.78 is 0. The van der Waals surface area contributed by atoms with E-state index in [2.05, 4.69) is 39.3 Å². The van der Waals surface area contributed by atoms with Gasteiger partial charge < -0.3 is 5.32 Å². The number of fused-ring (bicyclic) bond motifs is 1. The van der Waals surface area contributed by atoms with Gasteiger partial charge in [-0.3, -0.25) is 9.97 Å². The van der Waals surface area contributed by atoms with Crippen LogP contribution in [-0.4, -0.2) is 26.7 Å². The molecule has 5 nitrogen and oxygen atoms in total. The summed E-state index contributed by atoms with van der Waals surface area (Å²) in [6.07, 6.45) is 3.41. The van der Waals surface area contributed by atoms with Crippen LogP contribution >= 0.6 is 11.3 Å². The third-order valence-corrected chi connectivity index (χ3v) is 3.98. The molecular formula is C15H17N5S. The first kappa shape index (κ1) is 14.0. The van der Waals surface area contributed by atoms with Gasteiger partial charge in [-0.05, 0) is 24.6 Å². The first-order valence-electron chi connectivity index (χ1n) is 6.97. The van der Waals surface area contributed by atoms with E-state index in [1.807, 2.05) is 18.2 Å². The molecule has 0 bridgehead atoms. The number of hydrogen-bond donors (Lipinski definition) is 1. The topological polar surface area (TPSA) is 63.6 Å². The van der Waals surface area contributed by atoms with Crippen LogP contribution in [0.1, 0.15) is 18.9 Å². The molecule has 6 heteroatoms. The van der Waals surface area contributed by atoms with Crippen molar-refractivity contribution >= 4 is 22.4 Å². The molecule has 0 amide bonds. The second-order valence-corrected chi connectivity index (χ2v) is 6.32. The van der Waals surface area contributed by atoms with Crippen LogP contribution < -0.4 is 5.32 Å². The predicted molar refractivity (Wildman–Crippen MR) is 85.0 cm³/mol. The number of nitrogens with zero attached hydrogens (tertiary/aromatic N) is 4. The molecule has 0 unspecified atom stereocenters. The maximum Gasteiger partial charge on any atom is 0.150 e. The second kappa shape index (κ2) is 6.24. The molecule has 1 aromatic carbocycles. The van der Waals surface area contributed by atoms with Gasteiger partial charge in [0, 0.05) is 24.5 Å². The molecule has 0 aliphatic rings. The van der Waals surface area contributed by atoms with E-state index in [0.29, 0.717) is 5.92 Å². The molecule has 0 spiro atoms. The Kier molecular flexibility index (Phi) is 4.17. The number of rotatable bonds is 5. The molecule has 2 heterocycles. The lowest BCUT2D eigenvalue weighted by Crippen LogP contribution is -2.18. The normalized spacial score (nSPS) is 11.4. The fourth-order valence-electron chi connectivity index (χ4n) is 2.07. The van der Waals surface area contributed by atoms with Gasteiger partial charge in [-0.15, -0.1) is 10.2 Å². The van der Waals surface area contributed by atoms with E-state index >= 15 is 0 Å². The lowest BCUT2D eigenvalue weighted by atomic mass is 10.2. The van der Waals surface area contributed by atoms with Crippen molar-refractivity contribution in [2.45, 2.75) is 20.4 Å². The summed E-state index contributed by atoms with van der Waals surface area (Å²) in [4.78, 5) is 8.74. The van der Waals surface area contributed by atoms with Crippen molar-refractivity contribution in [2.75, 3.05) is 6.54 Å². The van der Waals surface area contributed by atoms with Crippen LogP contribution in [0.15, 0.2) is 30.6 Å². The molecule has 3 aromatic rings. The Morgan fingerprint density at radius 3 is 2.86 bits per heavy atom. The molecule has 108 valence electrons. The van der Waals surface area contributed by atoms with E-state index < -0.39 is 0 Å². The molecule has 0 radical (unpaired) electrons. The zero-order valence-corrected chi connectivity index (χ0v) is 12.9. The van der Waals surface area contributed by atoms with Crippen LogP contribution in [0.5, 0.6) is 0 Å². The smallest absolute Gasteiger partial charge is 0.150 e. The summed E-state index contributed by atoms with van der Waals surface area (Å²) in [5.41, 5.74) is 2.75. The first-order valence-corrected chi connectivity index (χ1v) is 7.79. The predicted octanol–water partition coefficient (Wildman–Crippen LogP) is 2.89. The monoisotopic (exact) mass is 299 g/mol.